The average molecular weight is 238 g/mol. The van der Waals surface area contributed by atoms with E-state index in [9.17, 15) is 5.11 Å². The molecule has 1 aliphatic rings. The van der Waals surface area contributed by atoms with Crippen molar-refractivity contribution in [3.05, 3.63) is 11.7 Å². The third-order valence-electron chi connectivity index (χ3n) is 3.42. The zero-order chi connectivity index (χ0) is 12.1. The van der Waals surface area contributed by atoms with E-state index in [0.29, 0.717) is 18.2 Å². The molecule has 1 unspecified atom stereocenters. The first-order valence-corrected chi connectivity index (χ1v) is 6.76. The zero-order valence-corrected chi connectivity index (χ0v) is 10.6. The van der Waals surface area contributed by atoms with Gasteiger partial charge in [0.15, 0.2) is 5.82 Å². The molecule has 17 heavy (non-hydrogen) atoms. The van der Waals surface area contributed by atoms with Gasteiger partial charge in [0.1, 0.15) is 0 Å². The van der Waals surface area contributed by atoms with Crippen LogP contribution >= 0.6 is 0 Å². The summed E-state index contributed by atoms with van der Waals surface area (Å²) < 4.78 is 5.18. The van der Waals surface area contributed by atoms with Gasteiger partial charge in [0, 0.05) is 5.92 Å². The maximum Gasteiger partial charge on any atom is 0.229 e. The van der Waals surface area contributed by atoms with Gasteiger partial charge in [0.2, 0.25) is 5.89 Å². The molecule has 0 amide bonds. The molecule has 1 saturated carbocycles. The molecule has 4 heteroatoms. The molecule has 0 aromatic carbocycles. The van der Waals surface area contributed by atoms with Crippen LogP contribution in [0.25, 0.3) is 0 Å². The van der Waals surface area contributed by atoms with E-state index in [2.05, 4.69) is 10.1 Å². The fraction of sp³-hybridized carbons (Fsp3) is 0.846. The van der Waals surface area contributed by atoms with Gasteiger partial charge in [-0.05, 0) is 19.8 Å². The summed E-state index contributed by atoms with van der Waals surface area (Å²) in [6.07, 6.45) is 8.95. The lowest BCUT2D eigenvalue weighted by Crippen LogP contribution is -2.06. The summed E-state index contributed by atoms with van der Waals surface area (Å²) in [6, 6.07) is 0. The van der Waals surface area contributed by atoms with Crippen molar-refractivity contribution in [3.8, 4) is 0 Å². The molecule has 1 aromatic heterocycles. The molecule has 0 radical (unpaired) electrons. The first kappa shape index (κ1) is 12.6. The SMILES string of the molecule is CC(O)Cc1nc(C2CCCCCCC2)no1. The van der Waals surface area contributed by atoms with E-state index in [-0.39, 0.29) is 0 Å². The Labute approximate surface area is 102 Å². The summed E-state index contributed by atoms with van der Waals surface area (Å²) >= 11 is 0. The standard InChI is InChI=1S/C13H22N2O2/c1-10(16)9-12-14-13(15-17-12)11-7-5-3-2-4-6-8-11/h10-11,16H,2-9H2,1H3. The van der Waals surface area contributed by atoms with Crippen LogP contribution in [-0.2, 0) is 6.42 Å². The first-order chi connectivity index (χ1) is 8.25. The first-order valence-electron chi connectivity index (χ1n) is 6.76. The Morgan fingerprint density at radius 1 is 1.24 bits per heavy atom. The van der Waals surface area contributed by atoms with Crippen molar-refractivity contribution in [3.63, 3.8) is 0 Å². The second-order valence-corrected chi connectivity index (χ2v) is 5.14. The highest BCUT2D eigenvalue weighted by Gasteiger charge is 2.19. The molecule has 0 bridgehead atoms. The van der Waals surface area contributed by atoms with Crippen molar-refractivity contribution in [2.45, 2.75) is 70.3 Å². The molecule has 1 aliphatic carbocycles. The van der Waals surface area contributed by atoms with E-state index < -0.39 is 6.10 Å². The van der Waals surface area contributed by atoms with Gasteiger partial charge in [0.05, 0.1) is 12.5 Å². The molecule has 1 fully saturated rings. The van der Waals surface area contributed by atoms with Crippen LogP contribution in [0.15, 0.2) is 4.52 Å². The summed E-state index contributed by atoms with van der Waals surface area (Å²) in [5, 5.41) is 13.3. The fourth-order valence-electron chi connectivity index (χ4n) is 2.48. The van der Waals surface area contributed by atoms with Gasteiger partial charge in [-0.1, -0.05) is 37.3 Å². The molecule has 0 aliphatic heterocycles. The van der Waals surface area contributed by atoms with Crippen LogP contribution in [0.4, 0.5) is 0 Å². The van der Waals surface area contributed by atoms with Gasteiger partial charge >= 0.3 is 0 Å². The summed E-state index contributed by atoms with van der Waals surface area (Å²) in [7, 11) is 0. The van der Waals surface area contributed by atoms with Crippen molar-refractivity contribution in [2.24, 2.45) is 0 Å². The second-order valence-electron chi connectivity index (χ2n) is 5.14. The lowest BCUT2D eigenvalue weighted by Gasteiger charge is -2.15. The molecule has 1 N–H and O–H groups in total. The summed E-state index contributed by atoms with van der Waals surface area (Å²) in [5.74, 6) is 1.88. The van der Waals surface area contributed by atoms with Crippen LogP contribution in [0.1, 0.15) is 69.5 Å². The predicted molar refractivity (Wildman–Crippen MR) is 64.7 cm³/mol. The highest BCUT2D eigenvalue weighted by Crippen LogP contribution is 2.29. The van der Waals surface area contributed by atoms with E-state index in [4.69, 9.17) is 4.52 Å². The van der Waals surface area contributed by atoms with E-state index in [1.807, 2.05) is 0 Å². The van der Waals surface area contributed by atoms with Crippen LogP contribution in [0, 0.1) is 0 Å². The lowest BCUT2D eigenvalue weighted by molar-refractivity contribution is 0.181. The van der Waals surface area contributed by atoms with Gasteiger partial charge in [-0.15, -0.1) is 0 Å². The molecule has 4 nitrogen and oxygen atoms in total. The smallest absolute Gasteiger partial charge is 0.229 e. The minimum Gasteiger partial charge on any atom is -0.393 e. The molecule has 0 saturated heterocycles. The topological polar surface area (TPSA) is 59.2 Å². The highest BCUT2D eigenvalue weighted by molar-refractivity contribution is 4.96. The summed E-state index contributed by atoms with van der Waals surface area (Å²) in [5.41, 5.74) is 0. The molecular weight excluding hydrogens is 216 g/mol. The van der Waals surface area contributed by atoms with Crippen molar-refractivity contribution in [1.82, 2.24) is 10.1 Å². The molecule has 2 rings (SSSR count). The Bertz CT molecular complexity index is 328. The summed E-state index contributed by atoms with van der Waals surface area (Å²) in [6.45, 7) is 1.74. The number of nitrogens with zero attached hydrogens (tertiary/aromatic N) is 2. The van der Waals surface area contributed by atoms with Crippen LogP contribution < -0.4 is 0 Å². The maximum atomic E-state index is 9.28. The van der Waals surface area contributed by atoms with E-state index >= 15 is 0 Å². The second kappa shape index (κ2) is 6.15. The molecule has 0 spiro atoms. The molecule has 1 heterocycles. The van der Waals surface area contributed by atoms with Gasteiger partial charge in [0.25, 0.3) is 0 Å². The lowest BCUT2D eigenvalue weighted by atomic mass is 9.91. The van der Waals surface area contributed by atoms with Crippen LogP contribution in [-0.4, -0.2) is 21.4 Å². The molecular formula is C13H22N2O2. The molecule has 1 aromatic rings. The minimum absolute atomic E-state index is 0.416. The van der Waals surface area contributed by atoms with Crippen molar-refractivity contribution in [2.75, 3.05) is 0 Å². The number of rotatable bonds is 3. The predicted octanol–water partition coefficient (Wildman–Crippen LogP) is 2.82. The van der Waals surface area contributed by atoms with E-state index in [1.165, 1.54) is 44.9 Å². The monoisotopic (exact) mass is 238 g/mol. The minimum atomic E-state index is -0.416. The Morgan fingerprint density at radius 2 is 1.88 bits per heavy atom. The third kappa shape index (κ3) is 3.80. The molecule has 1 atom stereocenters. The van der Waals surface area contributed by atoms with Gasteiger partial charge < -0.3 is 9.63 Å². The Balaban J connectivity index is 1.97. The Morgan fingerprint density at radius 3 is 2.53 bits per heavy atom. The molecule has 96 valence electrons. The van der Waals surface area contributed by atoms with Crippen LogP contribution in [0.2, 0.25) is 0 Å². The van der Waals surface area contributed by atoms with E-state index in [1.54, 1.807) is 6.92 Å². The quantitative estimate of drug-likeness (QED) is 0.879. The number of hydrogen-bond donors (Lipinski definition) is 1. The van der Waals surface area contributed by atoms with Crippen molar-refractivity contribution < 1.29 is 9.63 Å². The Kier molecular flexibility index (Phi) is 4.54. The fourth-order valence-corrected chi connectivity index (χ4v) is 2.48. The highest BCUT2D eigenvalue weighted by atomic mass is 16.5. The number of aromatic nitrogens is 2. The number of aliphatic hydroxyl groups is 1. The number of aliphatic hydroxyl groups excluding tert-OH is 1. The third-order valence-corrected chi connectivity index (χ3v) is 3.42. The van der Waals surface area contributed by atoms with Crippen molar-refractivity contribution >= 4 is 0 Å². The zero-order valence-electron chi connectivity index (χ0n) is 10.6. The van der Waals surface area contributed by atoms with Gasteiger partial charge in [-0.3, -0.25) is 0 Å². The number of hydrogen-bond acceptors (Lipinski definition) is 4. The Hall–Kier alpha value is -0.900. The average Bonchev–Trinajstić information content (AvgIpc) is 2.64. The van der Waals surface area contributed by atoms with Gasteiger partial charge in [-0.2, -0.15) is 4.98 Å². The van der Waals surface area contributed by atoms with E-state index in [0.717, 1.165) is 5.82 Å². The normalized spacial score (nSPS) is 20.8. The van der Waals surface area contributed by atoms with Crippen LogP contribution in [0.5, 0.6) is 0 Å². The summed E-state index contributed by atoms with van der Waals surface area (Å²) in [4.78, 5) is 4.41. The maximum absolute atomic E-state index is 9.28. The van der Waals surface area contributed by atoms with Gasteiger partial charge in [-0.25, -0.2) is 0 Å². The van der Waals surface area contributed by atoms with Crippen molar-refractivity contribution in [1.29, 1.82) is 0 Å². The largest absolute Gasteiger partial charge is 0.393 e. The van der Waals surface area contributed by atoms with Crippen LogP contribution in [0.3, 0.4) is 0 Å².